The van der Waals surface area contributed by atoms with E-state index in [1.54, 1.807) is 29.0 Å². The molecule has 0 aliphatic rings. The first-order valence-corrected chi connectivity index (χ1v) is 8.08. The number of para-hydroxylation sites is 1. The van der Waals surface area contributed by atoms with Crippen LogP contribution in [0.2, 0.25) is 0 Å². The van der Waals surface area contributed by atoms with Crippen molar-refractivity contribution in [2.24, 2.45) is 0 Å². The molecule has 0 radical (unpaired) electrons. The highest BCUT2D eigenvalue weighted by Crippen LogP contribution is 2.22. The van der Waals surface area contributed by atoms with Crippen molar-refractivity contribution in [1.82, 2.24) is 4.57 Å². The largest absolute Gasteiger partial charge is 0.465 e. The highest BCUT2D eigenvalue weighted by atomic mass is 16.5. The number of aromatic nitrogens is 1. The number of benzene rings is 2. The number of fused-ring (bicyclic) bond motifs is 1. The van der Waals surface area contributed by atoms with Gasteiger partial charge in [0.25, 0.3) is 0 Å². The van der Waals surface area contributed by atoms with E-state index in [0.717, 1.165) is 5.52 Å². The lowest BCUT2D eigenvalue weighted by atomic mass is 10.2. The third-order valence-electron chi connectivity index (χ3n) is 4.00. The molecule has 7 heteroatoms. The van der Waals surface area contributed by atoms with Crippen LogP contribution in [0.4, 0.5) is 0 Å². The lowest BCUT2D eigenvalue weighted by Crippen LogP contribution is -2.16. The molecule has 1 heterocycles. The number of hydrogen-bond acceptors (Lipinski definition) is 6. The maximum atomic E-state index is 12.3. The summed E-state index contributed by atoms with van der Waals surface area (Å²) in [6, 6.07) is 13.3. The minimum Gasteiger partial charge on any atom is -0.465 e. The first-order valence-electron chi connectivity index (χ1n) is 8.08. The van der Waals surface area contributed by atoms with Crippen LogP contribution in [0, 0.1) is 0 Å². The molecule has 7 nitrogen and oxygen atoms in total. The Morgan fingerprint density at radius 2 is 1.56 bits per heavy atom. The van der Waals surface area contributed by atoms with Gasteiger partial charge in [-0.25, -0.2) is 14.4 Å². The second-order valence-corrected chi connectivity index (χ2v) is 5.67. The fourth-order valence-electron chi connectivity index (χ4n) is 2.73. The maximum Gasteiger partial charge on any atom is 0.340 e. The summed E-state index contributed by atoms with van der Waals surface area (Å²) in [6.45, 7) is -0.0870. The topological polar surface area (TPSA) is 83.8 Å². The summed E-state index contributed by atoms with van der Waals surface area (Å²) < 4.78 is 16.3. The average Bonchev–Trinajstić information content (AvgIpc) is 3.06. The number of carbonyl (C=O) groups excluding carboxylic acids is 3. The molecule has 1 aromatic heterocycles. The number of rotatable bonds is 5. The van der Waals surface area contributed by atoms with Crippen molar-refractivity contribution in [3.05, 3.63) is 65.9 Å². The molecule has 0 amide bonds. The molecule has 2 aromatic carbocycles. The van der Waals surface area contributed by atoms with Crippen LogP contribution in [0.25, 0.3) is 10.9 Å². The molecule has 0 saturated heterocycles. The van der Waals surface area contributed by atoms with E-state index in [1.807, 2.05) is 6.07 Å². The average molecular weight is 367 g/mol. The second kappa shape index (κ2) is 7.74. The molecule has 3 rings (SSSR count). The molecule has 0 fully saturated rings. The predicted molar refractivity (Wildman–Crippen MR) is 96.7 cm³/mol. The van der Waals surface area contributed by atoms with Crippen LogP contribution in [0.1, 0.15) is 20.7 Å². The number of methoxy groups -OCH3 is 2. The van der Waals surface area contributed by atoms with Gasteiger partial charge in [-0.2, -0.15) is 0 Å². The normalized spacial score (nSPS) is 10.4. The number of ether oxygens (including phenoxy) is 3. The summed E-state index contributed by atoms with van der Waals surface area (Å²) >= 11 is 0. The van der Waals surface area contributed by atoms with Gasteiger partial charge in [-0.05, 0) is 30.3 Å². The van der Waals surface area contributed by atoms with Crippen molar-refractivity contribution < 1.29 is 28.6 Å². The minimum atomic E-state index is -0.516. The summed E-state index contributed by atoms with van der Waals surface area (Å²) in [5.41, 5.74) is 1.45. The molecule has 0 N–H and O–H groups in total. The third kappa shape index (κ3) is 3.82. The first kappa shape index (κ1) is 18.2. The molecule has 0 saturated carbocycles. The van der Waals surface area contributed by atoms with Crippen LogP contribution < -0.4 is 4.74 Å². The standard InChI is InChI=1S/C20H17NO6/c1-25-19(23)13-7-9-14(10-8-13)27-18(22)12-21-11-16(20(24)26-2)15-5-3-4-6-17(15)21/h3-11H,12H2,1-2H3. The quantitative estimate of drug-likeness (QED) is 0.509. The molecule has 0 aliphatic heterocycles. The van der Waals surface area contributed by atoms with E-state index in [4.69, 9.17) is 9.47 Å². The van der Waals surface area contributed by atoms with E-state index < -0.39 is 17.9 Å². The zero-order chi connectivity index (χ0) is 19.4. The van der Waals surface area contributed by atoms with Gasteiger partial charge in [-0.1, -0.05) is 18.2 Å². The molecule has 0 atom stereocenters. The Labute approximate surface area is 155 Å². The van der Waals surface area contributed by atoms with Gasteiger partial charge in [0.1, 0.15) is 12.3 Å². The Morgan fingerprint density at radius 1 is 0.889 bits per heavy atom. The van der Waals surface area contributed by atoms with E-state index in [2.05, 4.69) is 4.74 Å². The predicted octanol–water partition coefficient (Wildman–Crippen LogP) is 2.82. The Balaban J connectivity index is 1.78. The fourth-order valence-corrected chi connectivity index (χ4v) is 2.73. The highest BCUT2D eigenvalue weighted by Gasteiger charge is 2.17. The summed E-state index contributed by atoms with van der Waals surface area (Å²) in [5, 5.41) is 0.694. The van der Waals surface area contributed by atoms with E-state index in [1.165, 1.54) is 38.5 Å². The van der Waals surface area contributed by atoms with Gasteiger partial charge < -0.3 is 18.8 Å². The van der Waals surface area contributed by atoms with Crippen LogP contribution in [0.5, 0.6) is 5.75 Å². The van der Waals surface area contributed by atoms with Gasteiger partial charge in [0, 0.05) is 17.1 Å². The summed E-state index contributed by atoms with van der Waals surface area (Å²) in [4.78, 5) is 35.7. The Bertz CT molecular complexity index is 1000. The third-order valence-corrected chi connectivity index (χ3v) is 4.00. The molecular formula is C20H17NO6. The van der Waals surface area contributed by atoms with Gasteiger partial charge in [0.15, 0.2) is 0 Å². The first-order chi connectivity index (χ1) is 13.0. The second-order valence-electron chi connectivity index (χ2n) is 5.67. The summed E-state index contributed by atoms with van der Waals surface area (Å²) in [6.07, 6.45) is 1.57. The van der Waals surface area contributed by atoms with E-state index >= 15 is 0 Å². The van der Waals surface area contributed by atoms with Crippen molar-refractivity contribution in [2.45, 2.75) is 6.54 Å². The number of esters is 3. The van der Waals surface area contributed by atoms with E-state index in [9.17, 15) is 14.4 Å². The van der Waals surface area contributed by atoms with Crippen LogP contribution in [-0.4, -0.2) is 36.7 Å². The molecule has 0 bridgehead atoms. The molecule has 0 unspecified atom stereocenters. The monoisotopic (exact) mass is 367 g/mol. The summed E-state index contributed by atoms with van der Waals surface area (Å²) in [5.74, 6) is -1.16. The maximum absolute atomic E-state index is 12.3. The molecular weight excluding hydrogens is 350 g/mol. The zero-order valence-electron chi connectivity index (χ0n) is 14.8. The van der Waals surface area contributed by atoms with Gasteiger partial charge in [-0.3, -0.25) is 0 Å². The van der Waals surface area contributed by atoms with Gasteiger partial charge in [-0.15, -0.1) is 0 Å². The lowest BCUT2D eigenvalue weighted by molar-refractivity contribution is -0.135. The molecule has 27 heavy (non-hydrogen) atoms. The molecule has 0 spiro atoms. The smallest absolute Gasteiger partial charge is 0.340 e. The summed E-state index contributed by atoms with van der Waals surface area (Å²) in [7, 11) is 2.60. The zero-order valence-corrected chi connectivity index (χ0v) is 14.8. The van der Waals surface area contributed by atoms with Crippen LogP contribution in [0.15, 0.2) is 54.7 Å². The molecule has 0 aliphatic carbocycles. The van der Waals surface area contributed by atoms with Crippen molar-refractivity contribution in [2.75, 3.05) is 14.2 Å². The molecule has 138 valence electrons. The SMILES string of the molecule is COC(=O)c1ccc(OC(=O)Cn2cc(C(=O)OC)c3ccccc32)cc1. The van der Waals surface area contributed by atoms with Crippen molar-refractivity contribution in [3.8, 4) is 5.75 Å². The van der Waals surface area contributed by atoms with Crippen molar-refractivity contribution >= 4 is 28.8 Å². The van der Waals surface area contributed by atoms with Crippen molar-refractivity contribution in [3.63, 3.8) is 0 Å². The Morgan fingerprint density at radius 3 is 2.22 bits per heavy atom. The van der Waals surface area contributed by atoms with Crippen LogP contribution in [-0.2, 0) is 20.8 Å². The Kier molecular flexibility index (Phi) is 5.21. The number of carbonyl (C=O) groups is 3. The minimum absolute atomic E-state index is 0.0870. The van der Waals surface area contributed by atoms with Gasteiger partial charge in [0.2, 0.25) is 0 Å². The van der Waals surface area contributed by atoms with Crippen LogP contribution >= 0.6 is 0 Å². The number of hydrogen-bond donors (Lipinski definition) is 0. The van der Waals surface area contributed by atoms with E-state index in [0.29, 0.717) is 22.3 Å². The van der Waals surface area contributed by atoms with Crippen molar-refractivity contribution in [1.29, 1.82) is 0 Å². The Hall–Kier alpha value is -3.61. The number of nitrogens with zero attached hydrogens (tertiary/aromatic N) is 1. The highest BCUT2D eigenvalue weighted by molar-refractivity contribution is 6.04. The van der Waals surface area contributed by atoms with Gasteiger partial charge in [0.05, 0.1) is 25.3 Å². The lowest BCUT2D eigenvalue weighted by Gasteiger charge is -2.07. The molecule has 3 aromatic rings. The van der Waals surface area contributed by atoms with E-state index in [-0.39, 0.29) is 6.54 Å². The fraction of sp³-hybridized carbons (Fsp3) is 0.150. The van der Waals surface area contributed by atoms with Crippen LogP contribution in [0.3, 0.4) is 0 Å². The van der Waals surface area contributed by atoms with Gasteiger partial charge >= 0.3 is 17.9 Å².